The fraction of sp³-hybridized carbons (Fsp3) is 0.621. The maximum absolute atomic E-state index is 12.6. The van der Waals surface area contributed by atoms with Crippen LogP contribution in [0.25, 0.3) is 0 Å². The Hall–Kier alpha value is -4.00. The van der Waals surface area contributed by atoms with Gasteiger partial charge in [0.05, 0.1) is 65.7 Å². The molecular formula is C29H39F3N4O11. The second-order valence-corrected chi connectivity index (χ2v) is 10.3. The van der Waals surface area contributed by atoms with Crippen LogP contribution < -0.4 is 15.5 Å². The lowest BCUT2D eigenvalue weighted by Crippen LogP contribution is -2.49. The van der Waals surface area contributed by atoms with Gasteiger partial charge in [-0.3, -0.25) is 19.7 Å². The van der Waals surface area contributed by atoms with E-state index in [-0.39, 0.29) is 57.2 Å². The SMILES string of the molecule is O=C1CCC(Nc2ccc(N3CCN(C(=O)CCOCCOCCOCCOCCC(=O)OOC(=O)C(F)(F)F)CC3)cc2)C(=O)N1. The Labute approximate surface area is 268 Å². The molecule has 0 aliphatic carbocycles. The molecule has 2 heterocycles. The summed E-state index contributed by atoms with van der Waals surface area (Å²) in [5.74, 6) is -4.37. The van der Waals surface area contributed by atoms with Crippen LogP contribution in [0.15, 0.2) is 24.3 Å². The molecule has 3 rings (SSSR count). The van der Waals surface area contributed by atoms with Gasteiger partial charge in [-0.05, 0) is 30.7 Å². The molecule has 15 nitrogen and oxygen atoms in total. The topological polar surface area (TPSA) is 171 Å². The molecule has 1 atom stereocenters. The van der Waals surface area contributed by atoms with Crippen molar-refractivity contribution in [3.63, 3.8) is 0 Å². The minimum Gasteiger partial charge on any atom is -0.379 e. The Morgan fingerprint density at radius 1 is 0.787 bits per heavy atom. The number of piperidine rings is 1. The van der Waals surface area contributed by atoms with Crippen LogP contribution in [0.1, 0.15) is 25.7 Å². The molecule has 0 aromatic heterocycles. The molecule has 262 valence electrons. The summed E-state index contributed by atoms with van der Waals surface area (Å²) in [4.78, 5) is 68.5. The van der Waals surface area contributed by atoms with E-state index in [1.165, 1.54) is 0 Å². The van der Waals surface area contributed by atoms with Gasteiger partial charge in [0.15, 0.2) is 0 Å². The predicted octanol–water partition coefficient (Wildman–Crippen LogP) is 0.963. The first-order chi connectivity index (χ1) is 22.5. The largest absolute Gasteiger partial charge is 0.495 e. The number of alkyl halides is 3. The van der Waals surface area contributed by atoms with E-state index in [0.29, 0.717) is 58.8 Å². The molecule has 0 radical (unpaired) electrons. The Bertz CT molecular complexity index is 1180. The van der Waals surface area contributed by atoms with Crippen molar-refractivity contribution < 1.29 is 65.9 Å². The van der Waals surface area contributed by atoms with Gasteiger partial charge in [-0.2, -0.15) is 13.2 Å². The zero-order chi connectivity index (χ0) is 34.1. The van der Waals surface area contributed by atoms with Crippen LogP contribution in [-0.2, 0) is 52.7 Å². The third kappa shape index (κ3) is 14.1. The molecule has 18 heteroatoms. The fourth-order valence-electron chi connectivity index (χ4n) is 4.42. The van der Waals surface area contributed by atoms with E-state index in [2.05, 4.69) is 25.3 Å². The number of carbonyl (C=O) groups is 5. The molecule has 3 amide bonds. The normalized spacial score (nSPS) is 16.9. The molecule has 2 fully saturated rings. The van der Waals surface area contributed by atoms with Crippen LogP contribution in [0.5, 0.6) is 0 Å². The second kappa shape index (κ2) is 19.6. The van der Waals surface area contributed by atoms with E-state index in [1.807, 2.05) is 29.2 Å². The van der Waals surface area contributed by atoms with E-state index in [1.54, 1.807) is 0 Å². The molecule has 0 bridgehead atoms. The minimum absolute atomic E-state index is 0.0201. The van der Waals surface area contributed by atoms with Crippen molar-refractivity contribution in [2.45, 2.75) is 37.9 Å². The number of halogens is 3. The highest BCUT2D eigenvalue weighted by atomic mass is 19.4. The molecule has 1 unspecified atom stereocenters. The first kappa shape index (κ1) is 37.5. The lowest BCUT2D eigenvalue weighted by atomic mass is 10.1. The summed E-state index contributed by atoms with van der Waals surface area (Å²) in [5.41, 5.74) is 1.81. The number of imide groups is 1. The summed E-state index contributed by atoms with van der Waals surface area (Å²) in [6.45, 7) is 4.17. The summed E-state index contributed by atoms with van der Waals surface area (Å²) >= 11 is 0. The highest BCUT2D eigenvalue weighted by Gasteiger charge is 2.43. The number of ether oxygens (including phenoxy) is 4. The Morgan fingerprint density at radius 3 is 1.89 bits per heavy atom. The molecule has 0 saturated carbocycles. The smallest absolute Gasteiger partial charge is 0.379 e. The van der Waals surface area contributed by atoms with Crippen molar-refractivity contribution in [3.8, 4) is 0 Å². The summed E-state index contributed by atoms with van der Waals surface area (Å²) in [7, 11) is 0. The third-order valence-corrected chi connectivity index (χ3v) is 6.91. The number of benzene rings is 1. The van der Waals surface area contributed by atoms with Crippen LogP contribution in [0.2, 0.25) is 0 Å². The average Bonchev–Trinajstić information content (AvgIpc) is 3.05. The summed E-state index contributed by atoms with van der Waals surface area (Å²) < 4.78 is 57.0. The van der Waals surface area contributed by atoms with Crippen LogP contribution in [0.3, 0.4) is 0 Å². The van der Waals surface area contributed by atoms with Gasteiger partial charge in [0.1, 0.15) is 6.04 Å². The van der Waals surface area contributed by atoms with Gasteiger partial charge in [0.25, 0.3) is 0 Å². The standard InChI is InChI=1S/C29H39F3N4O11/c30-29(31,32)28(41)47-46-26(39)8-14-43-16-18-45-20-19-44-17-15-42-13-7-25(38)36-11-9-35(10-12-36)22-3-1-21(2-4-22)33-23-5-6-24(37)34-27(23)40/h1-4,23,33H,5-20H2,(H,34,37,40). The predicted molar refractivity (Wildman–Crippen MR) is 156 cm³/mol. The summed E-state index contributed by atoms with van der Waals surface area (Å²) in [6, 6.07) is 7.29. The second-order valence-electron chi connectivity index (χ2n) is 10.3. The minimum atomic E-state index is -5.26. The highest BCUT2D eigenvalue weighted by molar-refractivity contribution is 6.01. The van der Waals surface area contributed by atoms with Crippen LogP contribution in [-0.4, -0.2) is 126 Å². The molecule has 47 heavy (non-hydrogen) atoms. The third-order valence-electron chi connectivity index (χ3n) is 6.91. The number of anilines is 2. The molecule has 2 N–H and O–H groups in total. The molecule has 1 aromatic rings. The van der Waals surface area contributed by atoms with Crippen LogP contribution in [0.4, 0.5) is 24.5 Å². The number of rotatable bonds is 18. The summed E-state index contributed by atoms with van der Waals surface area (Å²) in [5, 5.41) is 5.49. The first-order valence-corrected chi connectivity index (χ1v) is 15.1. The quantitative estimate of drug-likeness (QED) is 0.0977. The number of piperazine rings is 1. The van der Waals surface area contributed by atoms with Gasteiger partial charge in [0, 0.05) is 44.0 Å². The fourth-order valence-corrected chi connectivity index (χ4v) is 4.42. The lowest BCUT2D eigenvalue weighted by Gasteiger charge is -2.36. The monoisotopic (exact) mass is 676 g/mol. The molecule has 2 aliphatic rings. The number of hydrogen-bond acceptors (Lipinski definition) is 13. The van der Waals surface area contributed by atoms with Crippen LogP contribution >= 0.6 is 0 Å². The van der Waals surface area contributed by atoms with Gasteiger partial charge in [-0.1, -0.05) is 0 Å². The molecule has 2 saturated heterocycles. The van der Waals surface area contributed by atoms with E-state index < -0.39 is 30.6 Å². The number of amides is 3. The van der Waals surface area contributed by atoms with Gasteiger partial charge in [-0.15, -0.1) is 0 Å². The number of carbonyl (C=O) groups excluding carboxylic acids is 5. The van der Waals surface area contributed by atoms with Gasteiger partial charge in [0.2, 0.25) is 17.7 Å². The number of hydrogen-bond donors (Lipinski definition) is 2. The van der Waals surface area contributed by atoms with Crippen molar-refractivity contribution in [1.82, 2.24) is 10.2 Å². The average molecular weight is 677 g/mol. The van der Waals surface area contributed by atoms with Crippen molar-refractivity contribution in [1.29, 1.82) is 0 Å². The number of nitrogens with one attached hydrogen (secondary N) is 2. The van der Waals surface area contributed by atoms with Crippen molar-refractivity contribution in [3.05, 3.63) is 24.3 Å². The molecule has 2 aliphatic heterocycles. The summed E-state index contributed by atoms with van der Waals surface area (Å²) in [6.07, 6.45) is -4.64. The zero-order valence-electron chi connectivity index (χ0n) is 25.7. The lowest BCUT2D eigenvalue weighted by molar-refractivity contribution is -0.286. The Morgan fingerprint density at radius 2 is 1.34 bits per heavy atom. The van der Waals surface area contributed by atoms with Crippen molar-refractivity contribution in [2.75, 3.05) is 89.3 Å². The zero-order valence-corrected chi connectivity index (χ0v) is 25.7. The van der Waals surface area contributed by atoms with Gasteiger partial charge < -0.3 is 34.1 Å². The van der Waals surface area contributed by atoms with Gasteiger partial charge >= 0.3 is 18.1 Å². The van der Waals surface area contributed by atoms with Crippen molar-refractivity contribution in [2.24, 2.45) is 0 Å². The Kier molecular flexibility index (Phi) is 15.6. The van der Waals surface area contributed by atoms with Crippen LogP contribution in [0, 0.1) is 0 Å². The van der Waals surface area contributed by atoms with Gasteiger partial charge in [-0.25, -0.2) is 19.4 Å². The highest BCUT2D eigenvalue weighted by Crippen LogP contribution is 2.21. The maximum Gasteiger partial charge on any atom is 0.495 e. The van der Waals surface area contributed by atoms with E-state index >= 15 is 0 Å². The molecule has 0 spiro atoms. The molecular weight excluding hydrogens is 637 g/mol. The first-order valence-electron chi connectivity index (χ1n) is 15.1. The number of nitrogens with zero attached hydrogens (tertiary/aromatic N) is 2. The van der Waals surface area contributed by atoms with E-state index in [4.69, 9.17) is 18.9 Å². The molecule has 1 aromatic carbocycles. The maximum atomic E-state index is 12.6. The van der Waals surface area contributed by atoms with Crippen molar-refractivity contribution >= 4 is 41.0 Å². The Balaban J connectivity index is 1.12. The van der Waals surface area contributed by atoms with E-state index in [9.17, 15) is 37.1 Å². The van der Waals surface area contributed by atoms with E-state index in [0.717, 1.165) is 11.4 Å².